The summed E-state index contributed by atoms with van der Waals surface area (Å²) in [4.78, 5) is 5.04. The van der Waals surface area contributed by atoms with E-state index in [4.69, 9.17) is 4.74 Å². The van der Waals surface area contributed by atoms with Crippen molar-refractivity contribution in [2.75, 3.05) is 9.80 Å². The van der Waals surface area contributed by atoms with Crippen LogP contribution in [0.4, 0.5) is 28.4 Å². The molecule has 0 spiro atoms. The first-order valence-electron chi connectivity index (χ1n) is 18.2. The summed E-state index contributed by atoms with van der Waals surface area (Å²) in [6.07, 6.45) is 4.81. The third kappa shape index (κ3) is 4.59. The van der Waals surface area contributed by atoms with E-state index in [9.17, 15) is 5.11 Å². The highest BCUT2D eigenvalue weighted by Crippen LogP contribution is 2.47. The Morgan fingerprint density at radius 3 is 2.22 bits per heavy atom. The van der Waals surface area contributed by atoms with Crippen molar-refractivity contribution >= 4 is 64.8 Å². The van der Waals surface area contributed by atoms with E-state index in [0.29, 0.717) is 0 Å². The van der Waals surface area contributed by atoms with Crippen LogP contribution in [0.15, 0.2) is 138 Å². The Bertz CT molecular complexity index is 2420. The largest absolute Gasteiger partial charge is 0.508 e. The average molecular weight is 679 g/mol. The Morgan fingerprint density at radius 1 is 0.627 bits per heavy atom. The molecule has 4 aliphatic rings. The van der Waals surface area contributed by atoms with E-state index in [1.165, 1.54) is 58.1 Å². The number of benzene rings is 6. The molecule has 0 saturated carbocycles. The van der Waals surface area contributed by atoms with Gasteiger partial charge in [-0.2, -0.15) is 0 Å². The van der Waals surface area contributed by atoms with Gasteiger partial charge in [-0.25, -0.2) is 0 Å². The number of aryl methyl sites for hydroxylation is 1. The van der Waals surface area contributed by atoms with Crippen LogP contribution in [0.2, 0.25) is 13.1 Å². The molecule has 10 rings (SSSR count). The lowest BCUT2D eigenvalue weighted by atomic mass is 9.34. The lowest BCUT2D eigenvalue weighted by Gasteiger charge is -2.45. The van der Waals surface area contributed by atoms with E-state index in [0.717, 1.165) is 51.5 Å². The number of hydrogen-bond donors (Lipinski definition) is 1. The summed E-state index contributed by atoms with van der Waals surface area (Å²) in [5.74, 6) is 1.93. The first-order valence-corrected chi connectivity index (χ1v) is 21.2. The first-order chi connectivity index (χ1) is 24.9. The zero-order valence-corrected chi connectivity index (χ0v) is 30.3. The van der Waals surface area contributed by atoms with E-state index in [2.05, 4.69) is 139 Å². The Labute approximate surface area is 301 Å². The van der Waals surface area contributed by atoms with E-state index >= 15 is 0 Å². The fourth-order valence-electron chi connectivity index (χ4n) is 9.32. The predicted octanol–water partition coefficient (Wildman–Crippen LogP) is 9.21. The van der Waals surface area contributed by atoms with Crippen LogP contribution in [0.25, 0.3) is 11.1 Å². The van der Waals surface area contributed by atoms with E-state index in [1.54, 1.807) is 11.3 Å². The first kappa shape index (κ1) is 30.4. The van der Waals surface area contributed by atoms with Crippen molar-refractivity contribution in [1.29, 1.82) is 0 Å². The molecule has 0 bridgehead atoms. The van der Waals surface area contributed by atoms with Crippen LogP contribution in [0.1, 0.15) is 31.2 Å². The van der Waals surface area contributed by atoms with Gasteiger partial charge < -0.3 is 19.6 Å². The van der Waals surface area contributed by atoms with Crippen LogP contribution in [0.5, 0.6) is 17.2 Å². The highest BCUT2D eigenvalue weighted by atomic mass is 28.3. The smallest absolute Gasteiger partial charge is 0.256 e. The van der Waals surface area contributed by atoms with Crippen LogP contribution in [0.3, 0.4) is 0 Å². The van der Waals surface area contributed by atoms with Gasteiger partial charge in [-0.1, -0.05) is 85.0 Å². The summed E-state index contributed by atoms with van der Waals surface area (Å²) < 4.78 is 6.62. The molecule has 0 aromatic heterocycles. The summed E-state index contributed by atoms with van der Waals surface area (Å²) in [7, 11) is -1.80. The summed E-state index contributed by atoms with van der Waals surface area (Å²) >= 11 is 0. The molecule has 248 valence electrons. The number of anilines is 5. The molecule has 0 atom stereocenters. The summed E-state index contributed by atoms with van der Waals surface area (Å²) in [6.45, 7) is 7.16. The molecule has 1 N–H and O–H groups in total. The van der Waals surface area contributed by atoms with Crippen LogP contribution < -0.4 is 36.1 Å². The van der Waals surface area contributed by atoms with Crippen LogP contribution in [0, 0.1) is 6.92 Å². The molecule has 6 heteroatoms. The van der Waals surface area contributed by atoms with Crippen molar-refractivity contribution in [2.24, 2.45) is 0 Å². The van der Waals surface area contributed by atoms with E-state index in [-0.39, 0.29) is 12.5 Å². The minimum absolute atomic E-state index is 0.0835. The molecule has 0 amide bonds. The van der Waals surface area contributed by atoms with Gasteiger partial charge in [-0.3, -0.25) is 0 Å². The average Bonchev–Trinajstić information content (AvgIpc) is 3.15. The van der Waals surface area contributed by atoms with Crippen LogP contribution in [-0.2, 0) is 0 Å². The molecular weight excluding hydrogens is 639 g/mol. The monoisotopic (exact) mass is 678 g/mol. The van der Waals surface area contributed by atoms with Crippen molar-refractivity contribution in [3.05, 3.63) is 144 Å². The van der Waals surface area contributed by atoms with Gasteiger partial charge in [0.05, 0.1) is 0 Å². The fraction of sp³-hybridized carbons (Fsp3) is 0.156. The number of fused-ring (bicyclic) bond motifs is 5. The zero-order valence-electron chi connectivity index (χ0n) is 29.3. The predicted molar refractivity (Wildman–Crippen MR) is 215 cm³/mol. The quantitative estimate of drug-likeness (QED) is 0.189. The number of nitrogens with zero attached hydrogens (tertiary/aromatic N) is 2. The van der Waals surface area contributed by atoms with Crippen molar-refractivity contribution in [2.45, 2.75) is 45.7 Å². The molecule has 0 saturated heterocycles. The molecule has 0 unspecified atom stereocenters. The maximum atomic E-state index is 10.8. The van der Waals surface area contributed by atoms with E-state index < -0.39 is 8.07 Å². The second-order valence-corrected chi connectivity index (χ2v) is 19.4. The molecule has 0 fully saturated rings. The minimum atomic E-state index is -1.80. The maximum Gasteiger partial charge on any atom is 0.256 e. The molecule has 51 heavy (non-hydrogen) atoms. The number of hydrogen-bond acceptors (Lipinski definition) is 4. The summed E-state index contributed by atoms with van der Waals surface area (Å²) in [5.41, 5.74) is 14.3. The Morgan fingerprint density at radius 2 is 1.37 bits per heavy atom. The summed E-state index contributed by atoms with van der Waals surface area (Å²) in [6, 6.07) is 45.8. The number of ether oxygens (including phenoxy) is 1. The Kier molecular flexibility index (Phi) is 6.71. The number of phenolic OH excluding ortho intramolecular Hbond substituents is 1. The number of aromatic hydroxyl groups is 1. The van der Waals surface area contributed by atoms with Gasteiger partial charge in [-0.05, 0) is 132 Å². The molecular formula is C45H39BN2O2Si. The second-order valence-electron chi connectivity index (χ2n) is 15.1. The SMILES string of the molecule is Cc1cc2c3c(c1)N(c1ccc(-c4ccccc4)cc1)c1cc(N4C5=C(CCCC5)[Si](C)(C)c5ccccc54)ccc1B3c1cc(O)ccc1O2. The molecule has 6 aromatic carbocycles. The van der Waals surface area contributed by atoms with E-state index in [1.807, 2.05) is 12.1 Å². The Balaban J connectivity index is 1.22. The van der Waals surface area contributed by atoms with Crippen molar-refractivity contribution < 1.29 is 9.84 Å². The molecule has 3 heterocycles. The third-order valence-corrected chi connectivity index (χ3v) is 15.5. The number of phenols is 1. The second kappa shape index (κ2) is 11.3. The highest BCUT2D eigenvalue weighted by Gasteiger charge is 2.44. The summed E-state index contributed by atoms with van der Waals surface area (Å²) in [5, 5.41) is 14.0. The fourth-order valence-corrected chi connectivity index (χ4v) is 12.8. The van der Waals surface area contributed by atoms with Gasteiger partial charge in [0.1, 0.15) is 25.3 Å². The standard InChI is InChI=1S/C45H39BN2O2Si/c1-29-25-40-45-42(26-29)50-41-24-22-34(49)28-36(41)46(45)35-23-21-33(27-39(35)47(40)32-19-17-31(18-20-32)30-11-5-4-6-12-30)48-37-13-7-9-15-43(37)51(2,3)44-16-10-8-14-38(44)48/h4-7,9,11-13,15,17-28,49H,8,10,14,16H2,1-3H3. The van der Waals surface area contributed by atoms with Crippen LogP contribution in [-0.4, -0.2) is 19.9 Å². The Hall–Kier alpha value is -5.46. The molecule has 3 aliphatic heterocycles. The maximum absolute atomic E-state index is 10.8. The third-order valence-electron chi connectivity index (χ3n) is 11.7. The van der Waals surface area contributed by atoms with Gasteiger partial charge in [0.25, 0.3) is 6.71 Å². The minimum Gasteiger partial charge on any atom is -0.508 e. The van der Waals surface area contributed by atoms with Gasteiger partial charge >= 0.3 is 0 Å². The van der Waals surface area contributed by atoms with Gasteiger partial charge in [0.15, 0.2) is 0 Å². The van der Waals surface area contributed by atoms with Gasteiger partial charge in [0, 0.05) is 34.1 Å². The zero-order chi connectivity index (χ0) is 34.4. The van der Waals surface area contributed by atoms with Crippen molar-refractivity contribution in [1.82, 2.24) is 0 Å². The van der Waals surface area contributed by atoms with Crippen molar-refractivity contribution in [3.8, 4) is 28.4 Å². The number of allylic oxidation sites excluding steroid dienone is 2. The molecule has 6 aromatic rings. The lowest BCUT2D eigenvalue weighted by molar-refractivity contribution is 0.467. The molecule has 1 aliphatic carbocycles. The van der Waals surface area contributed by atoms with Gasteiger partial charge in [-0.15, -0.1) is 0 Å². The number of para-hydroxylation sites is 1. The molecule has 4 nitrogen and oxygen atoms in total. The highest BCUT2D eigenvalue weighted by molar-refractivity contribution is 6.99. The topological polar surface area (TPSA) is 35.9 Å². The van der Waals surface area contributed by atoms with Gasteiger partial charge in [0.2, 0.25) is 0 Å². The lowest BCUT2D eigenvalue weighted by Crippen LogP contribution is -2.59. The van der Waals surface area contributed by atoms with Crippen molar-refractivity contribution in [3.63, 3.8) is 0 Å². The number of rotatable bonds is 3. The normalized spacial score (nSPS) is 16.4. The van der Waals surface area contributed by atoms with Crippen LogP contribution >= 0.6 is 0 Å². The molecule has 0 radical (unpaired) electrons.